The molecule has 0 aromatic carbocycles. The minimum atomic E-state index is -1.19. The number of ketones is 4. The van der Waals surface area contributed by atoms with Gasteiger partial charge in [-0.3, -0.25) is 33.8 Å². The Morgan fingerprint density at radius 3 is 1.89 bits per heavy atom. The number of carbonyl (C=O) groups is 5. The Morgan fingerprint density at radius 2 is 1.37 bits per heavy atom. The molecule has 2 bridgehead atoms. The normalized spacial score (nSPS) is 31.9. The van der Waals surface area contributed by atoms with Gasteiger partial charge in [0.2, 0.25) is 11.6 Å². The van der Waals surface area contributed by atoms with Gasteiger partial charge in [0.05, 0.1) is 32.3 Å². The highest BCUT2D eigenvalue weighted by atomic mass is 16.5. The predicted octanol–water partition coefficient (Wildman–Crippen LogP) is 0.135. The summed E-state index contributed by atoms with van der Waals surface area (Å²) in [4.78, 5) is 69.3. The molecule has 3 aliphatic heterocycles. The van der Waals surface area contributed by atoms with Crippen LogP contribution in [0.5, 0.6) is 0 Å². The van der Waals surface area contributed by atoms with Gasteiger partial charge in [-0.2, -0.15) is 0 Å². The van der Waals surface area contributed by atoms with E-state index in [1.165, 1.54) is 28.1 Å². The number of nitrogens with zero attached hydrogens (tertiary/aromatic N) is 2. The van der Waals surface area contributed by atoms with Crippen LogP contribution in [0.25, 0.3) is 0 Å². The van der Waals surface area contributed by atoms with Gasteiger partial charge in [-0.05, 0) is 33.7 Å². The number of aliphatic hydroxyl groups excluding tert-OH is 1. The third-order valence-corrected chi connectivity index (χ3v) is 8.49. The van der Waals surface area contributed by atoms with Gasteiger partial charge >= 0.3 is 5.97 Å². The number of esters is 1. The van der Waals surface area contributed by atoms with Gasteiger partial charge in [-0.1, -0.05) is 0 Å². The van der Waals surface area contributed by atoms with Crippen molar-refractivity contribution in [2.24, 2.45) is 0 Å². The minimum Gasteiger partial charge on any atom is -0.492 e. The molecule has 5 atom stereocenters. The molecule has 1 fully saturated rings. The first-order chi connectivity index (χ1) is 18.0. The Labute approximate surface area is 219 Å². The number of fused-ring (bicyclic) bond motifs is 5. The number of likely N-dealkylation sites (N-methyl/N-ethyl adjacent to an activating group) is 1. The maximum Gasteiger partial charge on any atom is 0.302 e. The number of hydrogen-bond acceptors (Lipinski definition) is 11. The van der Waals surface area contributed by atoms with Gasteiger partial charge in [0.1, 0.15) is 12.8 Å². The van der Waals surface area contributed by atoms with Crippen molar-refractivity contribution in [2.75, 3.05) is 27.9 Å². The van der Waals surface area contributed by atoms with Crippen LogP contribution in [0.2, 0.25) is 0 Å². The van der Waals surface area contributed by atoms with Crippen LogP contribution in [-0.4, -0.2) is 102 Å². The van der Waals surface area contributed by atoms with E-state index in [9.17, 15) is 29.1 Å². The van der Waals surface area contributed by atoms with Crippen molar-refractivity contribution in [3.8, 4) is 0 Å². The second-order valence-electron chi connectivity index (χ2n) is 10.2. The highest BCUT2D eigenvalue weighted by Crippen LogP contribution is 2.48. The molecular formula is C27H30N2O9. The average molecular weight is 527 g/mol. The van der Waals surface area contributed by atoms with E-state index in [0.29, 0.717) is 5.57 Å². The van der Waals surface area contributed by atoms with E-state index >= 15 is 0 Å². The lowest BCUT2D eigenvalue weighted by Gasteiger charge is -2.60. The Bertz CT molecular complexity index is 1330. The number of hydrogen-bond donors (Lipinski definition) is 1. The zero-order valence-corrected chi connectivity index (χ0v) is 22.1. The summed E-state index contributed by atoms with van der Waals surface area (Å²) < 4.78 is 15.9. The van der Waals surface area contributed by atoms with Gasteiger partial charge in [0.15, 0.2) is 23.1 Å². The van der Waals surface area contributed by atoms with Gasteiger partial charge in [0, 0.05) is 46.4 Å². The maximum atomic E-state index is 13.7. The molecule has 3 heterocycles. The van der Waals surface area contributed by atoms with E-state index in [1.54, 1.807) is 18.9 Å². The number of piperazine rings is 1. The van der Waals surface area contributed by atoms with Crippen molar-refractivity contribution >= 4 is 29.1 Å². The van der Waals surface area contributed by atoms with Crippen LogP contribution in [0.1, 0.15) is 33.6 Å². The molecule has 11 heteroatoms. The number of rotatable bonds is 4. The van der Waals surface area contributed by atoms with Gasteiger partial charge in [-0.15, -0.1) is 0 Å². The molecule has 0 aromatic rings. The lowest BCUT2D eigenvalue weighted by atomic mass is 9.68. The number of carbonyl (C=O) groups excluding carboxylic acids is 5. The van der Waals surface area contributed by atoms with Crippen molar-refractivity contribution in [2.45, 2.75) is 64.0 Å². The molecule has 2 aliphatic carbocycles. The van der Waals surface area contributed by atoms with Crippen molar-refractivity contribution in [1.82, 2.24) is 9.80 Å². The first-order valence-electron chi connectivity index (χ1n) is 12.4. The first kappa shape index (κ1) is 26.2. The number of Topliss-reactive ketones (excluding diaryl/α,β-unsaturated/α-hetero) is 4. The van der Waals surface area contributed by atoms with E-state index in [4.69, 9.17) is 14.2 Å². The third kappa shape index (κ3) is 3.41. The molecule has 38 heavy (non-hydrogen) atoms. The molecule has 0 amide bonds. The van der Waals surface area contributed by atoms with Crippen molar-refractivity contribution < 1.29 is 43.3 Å². The second-order valence-corrected chi connectivity index (χ2v) is 10.2. The Kier molecular flexibility index (Phi) is 6.28. The predicted molar refractivity (Wildman–Crippen MR) is 130 cm³/mol. The van der Waals surface area contributed by atoms with E-state index in [0.717, 1.165) is 0 Å². The van der Waals surface area contributed by atoms with E-state index < -0.39 is 47.9 Å². The molecule has 11 nitrogen and oxygen atoms in total. The molecule has 0 aromatic heterocycles. The lowest BCUT2D eigenvalue weighted by Crippen LogP contribution is -2.74. The summed E-state index contributed by atoms with van der Waals surface area (Å²) in [5, 5.41) is 11.7. The smallest absolute Gasteiger partial charge is 0.302 e. The van der Waals surface area contributed by atoms with Gasteiger partial charge in [-0.25, -0.2) is 0 Å². The molecule has 1 saturated heterocycles. The molecule has 1 N–H and O–H groups in total. The monoisotopic (exact) mass is 526 g/mol. The second kappa shape index (κ2) is 9.11. The highest BCUT2D eigenvalue weighted by molar-refractivity contribution is 6.26. The molecule has 5 rings (SSSR count). The van der Waals surface area contributed by atoms with Crippen LogP contribution in [-0.2, 0) is 38.2 Å². The highest BCUT2D eigenvalue weighted by Gasteiger charge is 2.59. The number of methoxy groups -OCH3 is 2. The van der Waals surface area contributed by atoms with Gasteiger partial charge < -0.3 is 19.3 Å². The van der Waals surface area contributed by atoms with Crippen molar-refractivity contribution in [3.05, 3.63) is 45.0 Å². The van der Waals surface area contributed by atoms with Crippen molar-refractivity contribution in [1.29, 1.82) is 0 Å². The summed E-state index contributed by atoms with van der Waals surface area (Å²) in [7, 11) is 4.41. The zero-order valence-electron chi connectivity index (χ0n) is 22.1. The van der Waals surface area contributed by atoms with Crippen LogP contribution < -0.4 is 0 Å². The van der Waals surface area contributed by atoms with Crippen LogP contribution in [0.3, 0.4) is 0 Å². The molecule has 2 unspecified atom stereocenters. The standard InChI is InChI=1S/C27H30N2O9/c1-10-21(31)13-7-15-20-19-14(22(32)11(2)26(37-6)24(19)34)8-16(28(20)4)27(35)29(15)17(9-38-12(3)30)18(13)23(33)25(10)36-5/h15-17,20,27,35H,7-9H2,1-6H3/t15-,16?,17-,20?,27-/m0/s1. The van der Waals surface area contributed by atoms with Crippen LogP contribution in [0.15, 0.2) is 45.0 Å². The SMILES string of the molecule is COC1=C(C)C(=O)C2=C(C1=O)C1[C@@H]3CC4=C(C(=O)C(OC)=C(C)C4=O)[C@H](COC(C)=O)N3[C@@H](O)C(C2)N1C. The van der Waals surface area contributed by atoms with Crippen LogP contribution in [0.4, 0.5) is 0 Å². The van der Waals surface area contributed by atoms with Crippen LogP contribution in [0, 0.1) is 0 Å². The topological polar surface area (TPSA) is 140 Å². The quantitative estimate of drug-likeness (QED) is 0.395. The summed E-state index contributed by atoms with van der Waals surface area (Å²) in [6.45, 7) is 3.99. The molecule has 202 valence electrons. The number of allylic oxidation sites excluding steroid dienone is 4. The molecular weight excluding hydrogens is 496 g/mol. The van der Waals surface area contributed by atoms with Crippen LogP contribution >= 0.6 is 0 Å². The van der Waals surface area contributed by atoms with Crippen molar-refractivity contribution in [3.63, 3.8) is 0 Å². The summed E-state index contributed by atoms with van der Waals surface area (Å²) in [5.74, 6) is -2.31. The maximum absolute atomic E-state index is 13.7. The third-order valence-electron chi connectivity index (χ3n) is 8.49. The minimum absolute atomic E-state index is 0.0297. The Balaban J connectivity index is 1.69. The summed E-state index contributed by atoms with van der Waals surface area (Å²) >= 11 is 0. The Morgan fingerprint density at radius 1 is 0.868 bits per heavy atom. The summed E-state index contributed by atoms with van der Waals surface area (Å²) in [6, 6.07) is -2.93. The lowest BCUT2D eigenvalue weighted by molar-refractivity contribution is -0.171. The number of ether oxygens (including phenoxy) is 3. The largest absolute Gasteiger partial charge is 0.492 e. The fraction of sp³-hybridized carbons (Fsp3) is 0.519. The van der Waals surface area contributed by atoms with E-state index in [2.05, 4.69) is 0 Å². The first-order valence-corrected chi connectivity index (χ1v) is 12.4. The molecule has 0 saturated carbocycles. The average Bonchev–Trinajstić information content (AvgIpc) is 2.87. The fourth-order valence-corrected chi connectivity index (χ4v) is 6.78. The fourth-order valence-electron chi connectivity index (χ4n) is 6.78. The van der Waals surface area contributed by atoms with E-state index in [-0.39, 0.29) is 70.4 Å². The zero-order chi connectivity index (χ0) is 27.8. The van der Waals surface area contributed by atoms with E-state index in [1.807, 2.05) is 4.90 Å². The number of aliphatic hydroxyl groups is 1. The van der Waals surface area contributed by atoms with Gasteiger partial charge in [0.25, 0.3) is 0 Å². The summed E-state index contributed by atoms with van der Waals surface area (Å²) in [6.07, 6.45) is -1.05. The summed E-state index contributed by atoms with van der Waals surface area (Å²) in [5.41, 5.74) is 1.32. The molecule has 0 spiro atoms. The molecule has 5 aliphatic rings. The molecule has 0 radical (unpaired) electrons. The Hall–Kier alpha value is -3.41.